The summed E-state index contributed by atoms with van der Waals surface area (Å²) < 4.78 is 0. The van der Waals surface area contributed by atoms with Gasteiger partial charge in [-0.2, -0.15) is 0 Å². The van der Waals surface area contributed by atoms with E-state index in [1.54, 1.807) is 5.57 Å². The molecule has 2 N–H and O–H groups in total. The molecule has 0 bridgehead atoms. The smallest absolute Gasteiger partial charge is 0.0208 e. The van der Waals surface area contributed by atoms with Crippen molar-refractivity contribution in [3.05, 3.63) is 47.0 Å². The fraction of sp³-hybridized carbons (Fsp3) is 0.385. The lowest BCUT2D eigenvalue weighted by atomic mass is 10.0. The maximum atomic E-state index is 3.46. The Hall–Kier alpha value is -1.12. The number of hydrogen-bond donors (Lipinski definition) is 2. The molecule has 0 atom stereocenters. The Morgan fingerprint density at radius 3 is 2.60 bits per heavy atom. The van der Waals surface area contributed by atoms with E-state index in [0.29, 0.717) is 0 Å². The third kappa shape index (κ3) is 2.91. The third-order valence-corrected chi connectivity index (χ3v) is 2.84. The van der Waals surface area contributed by atoms with Crippen LogP contribution in [0.25, 0.3) is 0 Å². The maximum absolute atomic E-state index is 3.46. The van der Waals surface area contributed by atoms with Crippen LogP contribution in [0.15, 0.2) is 41.5 Å². The van der Waals surface area contributed by atoms with Gasteiger partial charge in [-0.15, -0.1) is 0 Å². The van der Waals surface area contributed by atoms with Gasteiger partial charge in [0.1, 0.15) is 0 Å². The van der Waals surface area contributed by atoms with E-state index in [9.17, 15) is 0 Å². The largest absolute Gasteiger partial charge is 0.309 e. The summed E-state index contributed by atoms with van der Waals surface area (Å²) in [7, 11) is 0. The van der Waals surface area contributed by atoms with Gasteiger partial charge in [0.2, 0.25) is 0 Å². The molecule has 1 saturated heterocycles. The average Bonchev–Trinajstić information content (AvgIpc) is 2.16. The predicted octanol–water partition coefficient (Wildman–Crippen LogP) is 1.70. The lowest BCUT2D eigenvalue weighted by molar-refractivity contribution is 0.640. The fourth-order valence-corrected chi connectivity index (χ4v) is 1.67. The zero-order valence-electron chi connectivity index (χ0n) is 9.22. The first-order valence-electron chi connectivity index (χ1n) is 5.49. The zero-order valence-corrected chi connectivity index (χ0v) is 9.22. The van der Waals surface area contributed by atoms with E-state index in [0.717, 1.165) is 26.2 Å². The van der Waals surface area contributed by atoms with Crippen molar-refractivity contribution in [3.63, 3.8) is 0 Å². The summed E-state index contributed by atoms with van der Waals surface area (Å²) in [6.07, 6.45) is 0. The van der Waals surface area contributed by atoms with E-state index in [-0.39, 0.29) is 0 Å². The van der Waals surface area contributed by atoms with Crippen LogP contribution in [0.5, 0.6) is 0 Å². The second-order valence-corrected chi connectivity index (χ2v) is 4.08. The molecule has 1 heterocycles. The van der Waals surface area contributed by atoms with Crippen molar-refractivity contribution in [3.8, 4) is 0 Å². The van der Waals surface area contributed by atoms with Crippen molar-refractivity contribution < 1.29 is 0 Å². The molecule has 1 aromatic rings. The lowest BCUT2D eigenvalue weighted by Crippen LogP contribution is -2.36. The van der Waals surface area contributed by atoms with Crippen LogP contribution in [-0.4, -0.2) is 19.6 Å². The molecule has 0 spiro atoms. The Morgan fingerprint density at radius 2 is 2.00 bits per heavy atom. The molecular formula is C13H18N2. The summed E-state index contributed by atoms with van der Waals surface area (Å²) in [5.41, 5.74) is 4.40. The van der Waals surface area contributed by atoms with E-state index in [1.165, 1.54) is 11.1 Å². The van der Waals surface area contributed by atoms with Gasteiger partial charge in [-0.25, -0.2) is 0 Å². The van der Waals surface area contributed by atoms with Gasteiger partial charge in [0.05, 0.1) is 0 Å². The van der Waals surface area contributed by atoms with Gasteiger partial charge >= 0.3 is 0 Å². The maximum Gasteiger partial charge on any atom is 0.0208 e. The Morgan fingerprint density at radius 1 is 1.27 bits per heavy atom. The molecule has 0 radical (unpaired) electrons. The minimum Gasteiger partial charge on any atom is -0.309 e. The second kappa shape index (κ2) is 5.10. The highest BCUT2D eigenvalue weighted by atomic mass is 14.9. The van der Waals surface area contributed by atoms with Crippen molar-refractivity contribution in [1.29, 1.82) is 0 Å². The Labute approximate surface area is 91.4 Å². The summed E-state index contributed by atoms with van der Waals surface area (Å²) in [5.74, 6) is 0. The van der Waals surface area contributed by atoms with Crippen LogP contribution in [0.3, 0.4) is 0 Å². The van der Waals surface area contributed by atoms with E-state index < -0.39 is 0 Å². The molecular weight excluding hydrogens is 184 g/mol. The molecule has 2 heteroatoms. The Bertz CT molecular complexity index is 335. The molecule has 80 valence electrons. The molecule has 1 fully saturated rings. The van der Waals surface area contributed by atoms with E-state index >= 15 is 0 Å². The van der Waals surface area contributed by atoms with Crippen molar-refractivity contribution in [2.75, 3.05) is 19.6 Å². The van der Waals surface area contributed by atoms with Crippen LogP contribution in [0, 0.1) is 0 Å². The molecule has 15 heavy (non-hydrogen) atoms. The normalized spacial score (nSPS) is 14.9. The Balaban J connectivity index is 1.75. The number of benzene rings is 1. The van der Waals surface area contributed by atoms with Gasteiger partial charge in [-0.1, -0.05) is 35.9 Å². The van der Waals surface area contributed by atoms with E-state index in [1.807, 2.05) is 0 Å². The standard InChI is InChI=1S/C13H18N2/c1-11(13-9-15-10-13)7-14-8-12-5-3-2-4-6-12/h2-6,14-15H,7-10H2,1H3. The SMILES string of the molecule is CC(CNCc1ccccc1)=C1CNC1. The minimum atomic E-state index is 0.957. The summed E-state index contributed by atoms with van der Waals surface area (Å²) in [5, 5.41) is 6.73. The van der Waals surface area contributed by atoms with E-state index in [2.05, 4.69) is 47.9 Å². The molecule has 2 rings (SSSR count). The van der Waals surface area contributed by atoms with Gasteiger partial charge in [-0.3, -0.25) is 0 Å². The summed E-state index contributed by atoms with van der Waals surface area (Å²) in [6, 6.07) is 10.5. The van der Waals surface area contributed by atoms with Gasteiger partial charge < -0.3 is 10.6 Å². The first-order valence-corrected chi connectivity index (χ1v) is 5.49. The van der Waals surface area contributed by atoms with E-state index in [4.69, 9.17) is 0 Å². The van der Waals surface area contributed by atoms with Crippen molar-refractivity contribution in [2.45, 2.75) is 13.5 Å². The number of rotatable bonds is 4. The fourth-order valence-electron chi connectivity index (χ4n) is 1.67. The molecule has 0 saturated carbocycles. The van der Waals surface area contributed by atoms with Crippen molar-refractivity contribution in [2.24, 2.45) is 0 Å². The Kier molecular flexibility index (Phi) is 3.54. The number of nitrogens with one attached hydrogen (secondary N) is 2. The van der Waals surface area contributed by atoms with Crippen molar-refractivity contribution >= 4 is 0 Å². The van der Waals surface area contributed by atoms with Gasteiger partial charge in [0.25, 0.3) is 0 Å². The molecule has 0 amide bonds. The molecule has 1 aliphatic rings. The zero-order chi connectivity index (χ0) is 10.5. The predicted molar refractivity (Wildman–Crippen MR) is 63.7 cm³/mol. The average molecular weight is 202 g/mol. The first-order chi connectivity index (χ1) is 7.36. The molecule has 0 aromatic heterocycles. The van der Waals surface area contributed by atoms with Crippen molar-refractivity contribution in [1.82, 2.24) is 10.6 Å². The van der Waals surface area contributed by atoms with Gasteiger partial charge in [0, 0.05) is 26.2 Å². The highest BCUT2D eigenvalue weighted by molar-refractivity contribution is 5.22. The molecule has 0 unspecified atom stereocenters. The summed E-state index contributed by atoms with van der Waals surface area (Å²) >= 11 is 0. The summed E-state index contributed by atoms with van der Waals surface area (Å²) in [6.45, 7) is 6.34. The topological polar surface area (TPSA) is 24.1 Å². The first kappa shape index (κ1) is 10.4. The van der Waals surface area contributed by atoms with Crippen LogP contribution in [0.1, 0.15) is 12.5 Å². The lowest BCUT2D eigenvalue weighted by Gasteiger charge is -2.22. The quantitative estimate of drug-likeness (QED) is 0.726. The van der Waals surface area contributed by atoms with Crippen LogP contribution in [0.2, 0.25) is 0 Å². The second-order valence-electron chi connectivity index (χ2n) is 4.08. The monoisotopic (exact) mass is 202 g/mol. The van der Waals surface area contributed by atoms with Gasteiger partial charge in [-0.05, 0) is 18.1 Å². The molecule has 2 nitrogen and oxygen atoms in total. The molecule has 0 aliphatic carbocycles. The van der Waals surface area contributed by atoms with Crippen LogP contribution >= 0.6 is 0 Å². The highest BCUT2D eigenvalue weighted by Gasteiger charge is 2.09. The summed E-state index contributed by atoms with van der Waals surface area (Å²) in [4.78, 5) is 0. The van der Waals surface area contributed by atoms with Crippen LogP contribution < -0.4 is 10.6 Å². The third-order valence-electron chi connectivity index (χ3n) is 2.84. The molecule has 1 aromatic carbocycles. The highest BCUT2D eigenvalue weighted by Crippen LogP contribution is 2.07. The van der Waals surface area contributed by atoms with Crippen LogP contribution in [-0.2, 0) is 6.54 Å². The molecule has 1 aliphatic heterocycles. The minimum absolute atomic E-state index is 0.957. The van der Waals surface area contributed by atoms with Gasteiger partial charge in [0.15, 0.2) is 0 Å². The number of hydrogen-bond acceptors (Lipinski definition) is 2. The van der Waals surface area contributed by atoms with Crippen LogP contribution in [0.4, 0.5) is 0 Å².